The Kier molecular flexibility index (Phi) is 4.03. The van der Waals surface area contributed by atoms with Gasteiger partial charge in [0.05, 0.1) is 11.8 Å². The summed E-state index contributed by atoms with van der Waals surface area (Å²) in [7, 11) is 0. The van der Waals surface area contributed by atoms with Gasteiger partial charge < -0.3 is 9.63 Å². The third-order valence-corrected chi connectivity index (χ3v) is 4.36. The van der Waals surface area contributed by atoms with Crippen LogP contribution < -0.4 is 0 Å². The monoisotopic (exact) mass is 287 g/mol. The highest BCUT2D eigenvalue weighted by Gasteiger charge is 2.33. The molecule has 1 fully saturated rings. The van der Waals surface area contributed by atoms with E-state index in [1.807, 2.05) is 26.0 Å². The normalized spacial score (nSPS) is 22.8. The van der Waals surface area contributed by atoms with E-state index in [1.165, 1.54) is 5.56 Å². The molecule has 0 radical (unpaired) electrons. The van der Waals surface area contributed by atoms with E-state index >= 15 is 0 Å². The first-order valence-corrected chi connectivity index (χ1v) is 7.38. The largest absolute Gasteiger partial charge is 0.391 e. The Morgan fingerprint density at radius 1 is 1.33 bits per heavy atom. The van der Waals surface area contributed by atoms with E-state index in [-0.39, 0.29) is 12.1 Å². The van der Waals surface area contributed by atoms with Gasteiger partial charge in [-0.1, -0.05) is 5.16 Å². The second-order valence-corrected chi connectivity index (χ2v) is 5.76. The third kappa shape index (κ3) is 2.99. The molecule has 0 unspecified atom stereocenters. The predicted octanol–water partition coefficient (Wildman–Crippen LogP) is 1.86. The van der Waals surface area contributed by atoms with Crippen molar-refractivity contribution in [3.63, 3.8) is 0 Å². The summed E-state index contributed by atoms with van der Waals surface area (Å²) in [5, 5.41) is 14.3. The Morgan fingerprint density at radius 3 is 2.76 bits per heavy atom. The predicted molar refractivity (Wildman–Crippen MR) is 78.7 cm³/mol. The van der Waals surface area contributed by atoms with Crippen LogP contribution in [0, 0.1) is 13.8 Å². The average molecular weight is 287 g/mol. The smallest absolute Gasteiger partial charge is 0.138 e. The fraction of sp³-hybridized carbons (Fsp3) is 0.500. The van der Waals surface area contributed by atoms with Crippen LogP contribution in [0.4, 0.5) is 0 Å². The number of aryl methyl sites for hydroxylation is 2. The van der Waals surface area contributed by atoms with E-state index in [0.717, 1.165) is 42.9 Å². The van der Waals surface area contributed by atoms with Gasteiger partial charge in [0.25, 0.3) is 0 Å². The van der Waals surface area contributed by atoms with E-state index in [4.69, 9.17) is 4.52 Å². The number of aliphatic hydroxyl groups excluding tert-OH is 1. The van der Waals surface area contributed by atoms with Crippen LogP contribution >= 0.6 is 0 Å². The van der Waals surface area contributed by atoms with Gasteiger partial charge in [0.15, 0.2) is 0 Å². The second kappa shape index (κ2) is 5.95. The van der Waals surface area contributed by atoms with Gasteiger partial charge >= 0.3 is 0 Å². The summed E-state index contributed by atoms with van der Waals surface area (Å²) in [5.74, 6) is 0.872. The van der Waals surface area contributed by atoms with Gasteiger partial charge in [-0.05, 0) is 44.4 Å². The zero-order chi connectivity index (χ0) is 14.8. The second-order valence-electron chi connectivity index (χ2n) is 5.76. The average Bonchev–Trinajstić information content (AvgIpc) is 2.99. The molecule has 21 heavy (non-hydrogen) atoms. The van der Waals surface area contributed by atoms with E-state index in [1.54, 1.807) is 12.4 Å². The van der Waals surface area contributed by atoms with Gasteiger partial charge in [-0.2, -0.15) is 0 Å². The number of nitrogens with zero attached hydrogens (tertiary/aromatic N) is 3. The number of hydrogen-bond donors (Lipinski definition) is 1. The van der Waals surface area contributed by atoms with E-state index in [0.29, 0.717) is 0 Å². The van der Waals surface area contributed by atoms with Crippen molar-refractivity contribution in [2.75, 3.05) is 6.54 Å². The molecule has 2 aromatic rings. The summed E-state index contributed by atoms with van der Waals surface area (Å²) in [4.78, 5) is 6.38. The van der Waals surface area contributed by atoms with Gasteiger partial charge in [-0.3, -0.25) is 9.88 Å². The number of hydrogen-bond acceptors (Lipinski definition) is 5. The first kappa shape index (κ1) is 14.2. The van der Waals surface area contributed by atoms with Crippen molar-refractivity contribution in [3.05, 3.63) is 47.1 Å². The summed E-state index contributed by atoms with van der Waals surface area (Å²) in [6.45, 7) is 5.60. The van der Waals surface area contributed by atoms with Crippen molar-refractivity contribution < 1.29 is 9.63 Å². The molecule has 0 amide bonds. The quantitative estimate of drug-likeness (QED) is 0.930. The molecule has 0 aliphatic carbocycles. The maximum Gasteiger partial charge on any atom is 0.138 e. The molecule has 2 atom stereocenters. The molecule has 0 spiro atoms. The fourth-order valence-corrected chi connectivity index (χ4v) is 3.05. The molecule has 1 aliphatic heterocycles. The number of aliphatic hydroxyl groups is 1. The van der Waals surface area contributed by atoms with Gasteiger partial charge in [-0.15, -0.1) is 0 Å². The minimum atomic E-state index is -0.279. The lowest BCUT2D eigenvalue weighted by molar-refractivity contribution is 0.112. The van der Waals surface area contributed by atoms with Crippen LogP contribution in [0.5, 0.6) is 0 Å². The summed E-state index contributed by atoms with van der Waals surface area (Å²) < 4.78 is 5.24. The van der Waals surface area contributed by atoms with Crippen LogP contribution in [0.25, 0.3) is 0 Å². The highest BCUT2D eigenvalue weighted by Crippen LogP contribution is 2.25. The van der Waals surface area contributed by atoms with Gasteiger partial charge in [0.2, 0.25) is 0 Å². The van der Waals surface area contributed by atoms with Crippen LogP contribution in [0.2, 0.25) is 0 Å². The Labute approximate surface area is 124 Å². The number of aromatic nitrogens is 2. The van der Waals surface area contributed by atoms with Crippen LogP contribution in [-0.2, 0) is 13.0 Å². The summed E-state index contributed by atoms with van der Waals surface area (Å²) in [6, 6.07) is 4.17. The molecule has 3 heterocycles. The van der Waals surface area contributed by atoms with Gasteiger partial charge in [0.1, 0.15) is 5.76 Å². The number of pyridine rings is 1. The number of rotatable bonds is 4. The van der Waals surface area contributed by atoms with Crippen LogP contribution in [0.15, 0.2) is 29.0 Å². The molecule has 112 valence electrons. The first-order valence-electron chi connectivity index (χ1n) is 7.38. The summed E-state index contributed by atoms with van der Waals surface area (Å²) in [5.41, 5.74) is 3.29. The SMILES string of the molecule is Cc1noc(C)c1CN1CC[C@@H](O)[C@@H]1Cc1ccncc1. The van der Waals surface area contributed by atoms with Crippen LogP contribution in [0.1, 0.15) is 29.0 Å². The van der Waals surface area contributed by atoms with Crippen molar-refractivity contribution in [1.29, 1.82) is 0 Å². The Balaban J connectivity index is 1.75. The third-order valence-electron chi connectivity index (χ3n) is 4.36. The zero-order valence-electron chi connectivity index (χ0n) is 12.5. The molecule has 0 bridgehead atoms. The summed E-state index contributed by atoms with van der Waals surface area (Å²) >= 11 is 0. The molecule has 1 saturated heterocycles. The van der Waals surface area contributed by atoms with Gasteiger partial charge in [-0.25, -0.2) is 0 Å². The standard InChI is InChI=1S/C16H21N3O2/c1-11-14(12(2)21-18-11)10-19-8-5-16(20)15(19)9-13-3-6-17-7-4-13/h3-4,6-7,15-16,20H,5,8-10H2,1-2H3/t15-,16+/m0/s1. The highest BCUT2D eigenvalue weighted by molar-refractivity contribution is 5.21. The molecule has 0 aromatic carbocycles. The molecule has 0 saturated carbocycles. The van der Waals surface area contributed by atoms with Crippen molar-refractivity contribution in [3.8, 4) is 0 Å². The van der Waals surface area contributed by atoms with E-state index < -0.39 is 0 Å². The summed E-state index contributed by atoms with van der Waals surface area (Å²) in [6.07, 6.45) is 4.98. The molecule has 1 N–H and O–H groups in total. The lowest BCUT2D eigenvalue weighted by Crippen LogP contribution is -2.36. The van der Waals surface area contributed by atoms with E-state index in [2.05, 4.69) is 15.0 Å². The van der Waals surface area contributed by atoms with Crippen LogP contribution in [-0.4, -0.2) is 38.8 Å². The minimum Gasteiger partial charge on any atom is -0.391 e. The minimum absolute atomic E-state index is 0.140. The zero-order valence-corrected chi connectivity index (χ0v) is 12.5. The lowest BCUT2D eigenvalue weighted by Gasteiger charge is -2.26. The molecule has 3 rings (SSSR count). The van der Waals surface area contributed by atoms with Crippen molar-refractivity contribution in [2.24, 2.45) is 0 Å². The molecule has 5 heteroatoms. The van der Waals surface area contributed by atoms with Crippen LogP contribution in [0.3, 0.4) is 0 Å². The molecule has 1 aliphatic rings. The Hall–Kier alpha value is -1.72. The molecular formula is C16H21N3O2. The Bertz CT molecular complexity index is 577. The molecular weight excluding hydrogens is 266 g/mol. The van der Waals surface area contributed by atoms with Crippen molar-refractivity contribution in [2.45, 2.75) is 45.4 Å². The van der Waals surface area contributed by atoms with Crippen molar-refractivity contribution >= 4 is 0 Å². The van der Waals surface area contributed by atoms with Gasteiger partial charge in [0, 0.05) is 37.1 Å². The molecule has 5 nitrogen and oxygen atoms in total. The molecule has 2 aromatic heterocycles. The maximum absolute atomic E-state index is 10.3. The maximum atomic E-state index is 10.3. The lowest BCUT2D eigenvalue weighted by atomic mass is 10.0. The first-order chi connectivity index (χ1) is 10.1. The fourth-order valence-electron chi connectivity index (χ4n) is 3.05. The highest BCUT2D eigenvalue weighted by atomic mass is 16.5. The van der Waals surface area contributed by atoms with Crippen molar-refractivity contribution in [1.82, 2.24) is 15.0 Å². The topological polar surface area (TPSA) is 62.4 Å². The Morgan fingerprint density at radius 2 is 2.10 bits per heavy atom. The number of likely N-dealkylation sites (tertiary alicyclic amines) is 1. The van der Waals surface area contributed by atoms with E-state index in [9.17, 15) is 5.11 Å².